The van der Waals surface area contributed by atoms with Crippen molar-refractivity contribution in [2.45, 2.75) is 6.42 Å². The monoisotopic (exact) mass is 208 g/mol. The Hall–Kier alpha value is -1.46. The van der Waals surface area contributed by atoms with Crippen LogP contribution in [0.15, 0.2) is 18.2 Å². The van der Waals surface area contributed by atoms with E-state index in [2.05, 4.69) is 5.92 Å². The minimum Gasteiger partial charge on any atom is -0.492 e. The van der Waals surface area contributed by atoms with Crippen molar-refractivity contribution in [1.29, 1.82) is 0 Å². The van der Waals surface area contributed by atoms with Gasteiger partial charge in [-0.1, -0.05) is 11.6 Å². The maximum Gasteiger partial charge on any atom is 0.153 e. The van der Waals surface area contributed by atoms with Crippen molar-refractivity contribution in [3.05, 3.63) is 28.8 Å². The van der Waals surface area contributed by atoms with Crippen LogP contribution in [0.5, 0.6) is 5.75 Å². The van der Waals surface area contributed by atoms with Gasteiger partial charge in [0.05, 0.1) is 12.2 Å². The number of terminal acetylenes is 1. The summed E-state index contributed by atoms with van der Waals surface area (Å²) in [5.74, 6) is 2.96. The number of hydrogen-bond donors (Lipinski definition) is 0. The molecule has 72 valence electrons. The maximum atomic E-state index is 10.6. The summed E-state index contributed by atoms with van der Waals surface area (Å²) in [5.41, 5.74) is 0.439. The zero-order valence-corrected chi connectivity index (χ0v) is 8.25. The number of carbonyl (C=O) groups excluding carboxylic acids is 1. The van der Waals surface area contributed by atoms with Crippen molar-refractivity contribution >= 4 is 17.9 Å². The van der Waals surface area contributed by atoms with E-state index in [4.69, 9.17) is 22.8 Å². The number of carbonyl (C=O) groups is 1. The van der Waals surface area contributed by atoms with Gasteiger partial charge in [0.1, 0.15) is 5.75 Å². The fourth-order valence-corrected chi connectivity index (χ4v) is 1.14. The lowest BCUT2D eigenvalue weighted by atomic mass is 10.2. The Bertz CT molecular complexity index is 366. The second kappa shape index (κ2) is 5.31. The molecule has 1 aromatic carbocycles. The third-order valence-corrected chi connectivity index (χ3v) is 1.84. The van der Waals surface area contributed by atoms with Crippen molar-refractivity contribution in [2.24, 2.45) is 0 Å². The minimum absolute atomic E-state index is 0.402. The summed E-state index contributed by atoms with van der Waals surface area (Å²) >= 11 is 5.71. The van der Waals surface area contributed by atoms with Crippen molar-refractivity contribution in [2.75, 3.05) is 6.61 Å². The van der Waals surface area contributed by atoms with Crippen LogP contribution in [0.3, 0.4) is 0 Å². The van der Waals surface area contributed by atoms with Crippen LogP contribution in [-0.4, -0.2) is 12.9 Å². The van der Waals surface area contributed by atoms with E-state index < -0.39 is 0 Å². The van der Waals surface area contributed by atoms with E-state index in [1.807, 2.05) is 0 Å². The number of ether oxygens (including phenoxy) is 1. The van der Waals surface area contributed by atoms with Crippen molar-refractivity contribution in [3.8, 4) is 18.1 Å². The second-order valence-electron chi connectivity index (χ2n) is 2.60. The molecule has 0 heterocycles. The molecule has 0 atom stereocenters. The molecule has 0 unspecified atom stereocenters. The Morgan fingerprint density at radius 3 is 3.00 bits per heavy atom. The number of aldehydes is 1. The van der Waals surface area contributed by atoms with Crippen molar-refractivity contribution in [1.82, 2.24) is 0 Å². The maximum absolute atomic E-state index is 10.6. The summed E-state index contributed by atoms with van der Waals surface area (Å²) in [6, 6.07) is 4.88. The SMILES string of the molecule is C#CCCOc1ccc(Cl)cc1C=O. The lowest BCUT2D eigenvalue weighted by Crippen LogP contribution is -1.98. The Morgan fingerprint density at radius 1 is 1.57 bits per heavy atom. The summed E-state index contributed by atoms with van der Waals surface area (Å²) in [4.78, 5) is 10.6. The first-order valence-corrected chi connectivity index (χ1v) is 4.46. The molecule has 0 spiro atoms. The number of hydrogen-bond acceptors (Lipinski definition) is 2. The zero-order chi connectivity index (χ0) is 10.4. The van der Waals surface area contributed by atoms with Gasteiger partial charge in [0.15, 0.2) is 6.29 Å². The van der Waals surface area contributed by atoms with Crippen LogP contribution < -0.4 is 4.74 Å². The van der Waals surface area contributed by atoms with Crippen LogP contribution in [0.1, 0.15) is 16.8 Å². The van der Waals surface area contributed by atoms with Gasteiger partial charge in [0, 0.05) is 11.4 Å². The lowest BCUT2D eigenvalue weighted by molar-refractivity contribution is 0.111. The summed E-state index contributed by atoms with van der Waals surface area (Å²) in [6.45, 7) is 0.402. The van der Waals surface area contributed by atoms with Gasteiger partial charge in [-0.3, -0.25) is 4.79 Å². The van der Waals surface area contributed by atoms with E-state index in [0.717, 1.165) is 0 Å². The van der Waals surface area contributed by atoms with Gasteiger partial charge in [0.25, 0.3) is 0 Å². The molecule has 0 saturated heterocycles. The molecule has 0 fully saturated rings. The van der Waals surface area contributed by atoms with Gasteiger partial charge in [-0.05, 0) is 18.2 Å². The highest BCUT2D eigenvalue weighted by Crippen LogP contribution is 2.21. The molecule has 1 aromatic rings. The highest BCUT2D eigenvalue weighted by atomic mass is 35.5. The average molecular weight is 209 g/mol. The van der Waals surface area contributed by atoms with E-state index in [0.29, 0.717) is 35.6 Å². The predicted molar refractivity (Wildman–Crippen MR) is 55.8 cm³/mol. The number of benzene rings is 1. The fourth-order valence-electron chi connectivity index (χ4n) is 0.963. The first-order chi connectivity index (χ1) is 6.77. The standard InChI is InChI=1S/C11H9ClO2/c1-2-3-6-14-11-5-4-10(12)7-9(11)8-13/h1,4-5,7-8H,3,6H2. The molecule has 0 aliphatic carbocycles. The first kappa shape index (κ1) is 10.6. The third kappa shape index (κ3) is 2.79. The highest BCUT2D eigenvalue weighted by molar-refractivity contribution is 6.30. The van der Waals surface area contributed by atoms with E-state index in [9.17, 15) is 4.79 Å². The van der Waals surface area contributed by atoms with E-state index in [-0.39, 0.29) is 0 Å². The summed E-state index contributed by atoms with van der Waals surface area (Å²) in [5, 5.41) is 0.511. The van der Waals surface area contributed by atoms with Crippen molar-refractivity contribution in [3.63, 3.8) is 0 Å². The van der Waals surface area contributed by atoms with Gasteiger partial charge >= 0.3 is 0 Å². The molecular formula is C11H9ClO2. The zero-order valence-electron chi connectivity index (χ0n) is 7.50. The highest BCUT2D eigenvalue weighted by Gasteiger charge is 2.02. The van der Waals surface area contributed by atoms with Crippen LogP contribution in [-0.2, 0) is 0 Å². The Kier molecular flexibility index (Phi) is 4.03. The quantitative estimate of drug-likeness (QED) is 0.432. The lowest BCUT2D eigenvalue weighted by Gasteiger charge is -2.06. The van der Waals surface area contributed by atoms with Gasteiger partial charge in [-0.15, -0.1) is 12.3 Å². The molecule has 0 N–H and O–H groups in total. The van der Waals surface area contributed by atoms with Crippen LogP contribution in [0.2, 0.25) is 5.02 Å². The largest absolute Gasteiger partial charge is 0.492 e. The summed E-state index contributed by atoms with van der Waals surface area (Å²) < 4.78 is 5.29. The molecule has 0 aliphatic heterocycles. The molecule has 14 heavy (non-hydrogen) atoms. The molecular weight excluding hydrogens is 200 g/mol. The smallest absolute Gasteiger partial charge is 0.153 e. The van der Waals surface area contributed by atoms with Crippen molar-refractivity contribution < 1.29 is 9.53 Å². The van der Waals surface area contributed by atoms with E-state index in [1.54, 1.807) is 18.2 Å². The molecule has 0 aromatic heterocycles. The predicted octanol–water partition coefficient (Wildman–Crippen LogP) is 2.55. The van der Waals surface area contributed by atoms with Gasteiger partial charge in [-0.25, -0.2) is 0 Å². The molecule has 1 rings (SSSR count). The topological polar surface area (TPSA) is 26.3 Å². The molecule has 3 heteroatoms. The normalized spacial score (nSPS) is 9.14. The van der Waals surface area contributed by atoms with Gasteiger partial charge < -0.3 is 4.74 Å². The summed E-state index contributed by atoms with van der Waals surface area (Å²) in [7, 11) is 0. The summed E-state index contributed by atoms with van der Waals surface area (Å²) in [6.07, 6.45) is 6.29. The Labute approximate surface area is 87.8 Å². The van der Waals surface area contributed by atoms with Crippen LogP contribution in [0.25, 0.3) is 0 Å². The minimum atomic E-state index is 0.402. The van der Waals surface area contributed by atoms with Gasteiger partial charge in [0.2, 0.25) is 0 Å². The van der Waals surface area contributed by atoms with Gasteiger partial charge in [-0.2, -0.15) is 0 Å². The fraction of sp³-hybridized carbons (Fsp3) is 0.182. The first-order valence-electron chi connectivity index (χ1n) is 4.09. The molecule has 2 nitrogen and oxygen atoms in total. The van der Waals surface area contributed by atoms with E-state index >= 15 is 0 Å². The van der Waals surface area contributed by atoms with Crippen LogP contribution >= 0.6 is 11.6 Å². The average Bonchev–Trinajstić information content (AvgIpc) is 2.20. The van der Waals surface area contributed by atoms with Crippen LogP contribution in [0.4, 0.5) is 0 Å². The Morgan fingerprint density at radius 2 is 2.36 bits per heavy atom. The molecule has 0 aliphatic rings. The number of rotatable bonds is 4. The molecule has 0 radical (unpaired) electrons. The molecule has 0 saturated carbocycles. The van der Waals surface area contributed by atoms with E-state index in [1.165, 1.54) is 0 Å². The second-order valence-corrected chi connectivity index (χ2v) is 3.04. The number of halogens is 1. The third-order valence-electron chi connectivity index (χ3n) is 1.60. The molecule has 0 amide bonds. The van der Waals surface area contributed by atoms with Crippen LogP contribution in [0, 0.1) is 12.3 Å². The Balaban J connectivity index is 2.76. The molecule has 0 bridgehead atoms.